The molecule has 0 spiro atoms. The van der Waals surface area contributed by atoms with E-state index in [9.17, 15) is 30.7 Å². The Kier molecular flexibility index (Phi) is 3.82. The fraction of sp³-hybridized carbons (Fsp3) is 0.625. The third kappa shape index (κ3) is 2.26. The zero-order valence-corrected chi connectivity index (χ0v) is 7.64. The van der Waals surface area contributed by atoms with Crippen LogP contribution in [-0.2, 0) is 0 Å². The summed E-state index contributed by atoms with van der Waals surface area (Å²) < 4.78 is 85.4. The van der Waals surface area contributed by atoms with E-state index in [1.54, 1.807) is 0 Å². The Morgan fingerprint density at radius 1 is 1.07 bits per heavy atom. The molecule has 7 heteroatoms. The van der Waals surface area contributed by atoms with Crippen LogP contribution in [0, 0.1) is 6.92 Å². The number of hydrogen-bond acceptors (Lipinski definition) is 0. The van der Waals surface area contributed by atoms with Gasteiger partial charge in [0.15, 0.2) is 0 Å². The molecular formula is C8H8F7. The molecule has 0 unspecified atom stereocenters. The average molecular weight is 237 g/mol. The van der Waals surface area contributed by atoms with E-state index in [1.165, 1.54) is 0 Å². The first-order valence-corrected chi connectivity index (χ1v) is 3.83. The van der Waals surface area contributed by atoms with Gasteiger partial charge in [0.2, 0.25) is 0 Å². The van der Waals surface area contributed by atoms with E-state index in [4.69, 9.17) is 0 Å². The summed E-state index contributed by atoms with van der Waals surface area (Å²) in [4.78, 5) is 0. The van der Waals surface area contributed by atoms with E-state index < -0.39 is 30.0 Å². The van der Waals surface area contributed by atoms with Crippen molar-refractivity contribution in [2.75, 3.05) is 0 Å². The summed E-state index contributed by atoms with van der Waals surface area (Å²) in [5, 5.41) is 0. The lowest BCUT2D eigenvalue weighted by Gasteiger charge is -2.29. The standard InChI is InChI=1S/C8H8F7/c1-3-5(4-2)6(9,10)7(11,12)8(13,14)15/h3H,1,4H2,2H3. The number of hydrogen-bond donors (Lipinski definition) is 0. The molecule has 0 aliphatic heterocycles. The van der Waals surface area contributed by atoms with Crippen LogP contribution in [0.3, 0.4) is 0 Å². The third-order valence-corrected chi connectivity index (χ3v) is 1.78. The van der Waals surface area contributed by atoms with Crippen LogP contribution >= 0.6 is 0 Å². The molecule has 0 aliphatic rings. The molecule has 0 aromatic rings. The Morgan fingerprint density at radius 3 is 1.67 bits per heavy atom. The number of alkyl halides is 7. The summed E-state index contributed by atoms with van der Waals surface area (Å²) in [6.07, 6.45) is -6.61. The van der Waals surface area contributed by atoms with Crippen molar-refractivity contribution >= 4 is 0 Å². The molecule has 0 aromatic heterocycles. The number of allylic oxidation sites excluding steroid dienone is 2. The van der Waals surface area contributed by atoms with Crippen LogP contribution < -0.4 is 0 Å². The summed E-state index contributed by atoms with van der Waals surface area (Å²) in [7, 11) is 0. The first kappa shape index (κ1) is 14.2. The van der Waals surface area contributed by atoms with Crippen molar-refractivity contribution in [2.24, 2.45) is 0 Å². The average Bonchev–Trinajstić information content (AvgIpc) is 2.03. The highest BCUT2D eigenvalue weighted by molar-refractivity contribution is 5.19. The molecule has 0 heterocycles. The van der Waals surface area contributed by atoms with Crippen molar-refractivity contribution in [3.05, 3.63) is 18.6 Å². The van der Waals surface area contributed by atoms with Gasteiger partial charge in [-0.1, -0.05) is 13.0 Å². The monoisotopic (exact) mass is 237 g/mol. The van der Waals surface area contributed by atoms with Crippen molar-refractivity contribution in [1.29, 1.82) is 0 Å². The summed E-state index contributed by atoms with van der Waals surface area (Å²) in [5.74, 6) is -11.3. The number of rotatable bonds is 3. The molecule has 15 heavy (non-hydrogen) atoms. The zero-order valence-electron chi connectivity index (χ0n) is 7.64. The summed E-state index contributed by atoms with van der Waals surface area (Å²) in [6, 6.07) is 0. The van der Waals surface area contributed by atoms with E-state index >= 15 is 0 Å². The van der Waals surface area contributed by atoms with Crippen LogP contribution in [0.1, 0.15) is 13.3 Å². The maximum atomic E-state index is 12.8. The quantitative estimate of drug-likeness (QED) is 0.651. The predicted octanol–water partition coefficient (Wildman–Crippen LogP) is 3.99. The van der Waals surface area contributed by atoms with E-state index in [1.807, 2.05) is 0 Å². The fourth-order valence-corrected chi connectivity index (χ4v) is 0.874. The van der Waals surface area contributed by atoms with Gasteiger partial charge in [-0.25, -0.2) is 0 Å². The van der Waals surface area contributed by atoms with Crippen molar-refractivity contribution in [3.63, 3.8) is 0 Å². The first-order valence-electron chi connectivity index (χ1n) is 3.83. The van der Waals surface area contributed by atoms with Crippen LogP contribution in [0.25, 0.3) is 0 Å². The third-order valence-electron chi connectivity index (χ3n) is 1.78. The predicted molar refractivity (Wildman–Crippen MR) is 39.7 cm³/mol. The molecule has 0 saturated carbocycles. The molecule has 0 rings (SSSR count). The largest absolute Gasteiger partial charge is 0.460 e. The lowest BCUT2D eigenvalue weighted by molar-refractivity contribution is -0.344. The van der Waals surface area contributed by atoms with Crippen molar-refractivity contribution in [1.82, 2.24) is 0 Å². The summed E-state index contributed by atoms with van der Waals surface area (Å²) in [6.45, 7) is 3.82. The molecule has 0 atom stereocenters. The van der Waals surface area contributed by atoms with Gasteiger partial charge in [0.05, 0.1) is 0 Å². The van der Waals surface area contributed by atoms with Gasteiger partial charge in [0, 0.05) is 5.57 Å². The van der Waals surface area contributed by atoms with Crippen molar-refractivity contribution < 1.29 is 30.7 Å². The Hall–Kier alpha value is -0.750. The normalized spacial score (nSPS) is 15.7. The second-order valence-electron chi connectivity index (χ2n) is 2.73. The second kappa shape index (κ2) is 4.02. The molecule has 89 valence electrons. The lowest BCUT2D eigenvalue weighted by atomic mass is 9.99. The Bertz CT molecular complexity index is 248. The van der Waals surface area contributed by atoms with Crippen LogP contribution in [0.2, 0.25) is 0 Å². The fourth-order valence-electron chi connectivity index (χ4n) is 0.874. The highest BCUT2D eigenvalue weighted by atomic mass is 19.4. The Labute approximate surface area is 81.8 Å². The smallest absolute Gasteiger partial charge is 0.194 e. The van der Waals surface area contributed by atoms with Crippen LogP contribution in [0.4, 0.5) is 30.7 Å². The van der Waals surface area contributed by atoms with Crippen LogP contribution in [0.15, 0.2) is 11.6 Å². The van der Waals surface area contributed by atoms with E-state index in [0.717, 1.165) is 6.92 Å². The summed E-state index contributed by atoms with van der Waals surface area (Å²) in [5.41, 5.74) is -1.34. The Morgan fingerprint density at radius 2 is 1.47 bits per heavy atom. The highest BCUT2D eigenvalue weighted by Gasteiger charge is 2.73. The van der Waals surface area contributed by atoms with Gasteiger partial charge >= 0.3 is 18.0 Å². The van der Waals surface area contributed by atoms with E-state index in [0.29, 0.717) is 6.08 Å². The van der Waals surface area contributed by atoms with Gasteiger partial charge in [-0.3, -0.25) is 0 Å². The van der Waals surface area contributed by atoms with Crippen molar-refractivity contribution in [2.45, 2.75) is 31.4 Å². The number of halogens is 7. The minimum Gasteiger partial charge on any atom is -0.194 e. The molecule has 0 aliphatic carbocycles. The molecule has 0 bridgehead atoms. The zero-order chi connectivity index (χ0) is 12.5. The minimum absolute atomic E-state index is 0.319. The lowest BCUT2D eigenvalue weighted by Crippen LogP contribution is -2.52. The second-order valence-corrected chi connectivity index (χ2v) is 2.73. The molecule has 0 nitrogen and oxygen atoms in total. The van der Waals surface area contributed by atoms with E-state index in [-0.39, 0.29) is 0 Å². The van der Waals surface area contributed by atoms with Gasteiger partial charge in [0.25, 0.3) is 0 Å². The highest BCUT2D eigenvalue weighted by Crippen LogP contribution is 2.50. The SMILES string of the molecule is [CH2]C=C(CC)C(F)(F)C(F)(F)C(F)(F)F. The van der Waals surface area contributed by atoms with Gasteiger partial charge < -0.3 is 0 Å². The molecular weight excluding hydrogens is 229 g/mol. The van der Waals surface area contributed by atoms with E-state index in [2.05, 4.69) is 6.92 Å². The van der Waals surface area contributed by atoms with Gasteiger partial charge in [-0.05, 0) is 13.3 Å². The molecule has 0 N–H and O–H groups in total. The van der Waals surface area contributed by atoms with Gasteiger partial charge in [0.1, 0.15) is 0 Å². The molecule has 0 saturated heterocycles. The topological polar surface area (TPSA) is 0 Å². The molecule has 0 amide bonds. The minimum atomic E-state index is -6.29. The Balaban J connectivity index is 5.37. The van der Waals surface area contributed by atoms with Gasteiger partial charge in [-0.2, -0.15) is 30.7 Å². The first-order chi connectivity index (χ1) is 6.52. The molecule has 0 fully saturated rings. The van der Waals surface area contributed by atoms with Crippen molar-refractivity contribution in [3.8, 4) is 0 Å². The molecule has 0 aromatic carbocycles. The summed E-state index contributed by atoms with van der Waals surface area (Å²) >= 11 is 0. The maximum Gasteiger partial charge on any atom is 0.460 e. The van der Waals surface area contributed by atoms with Gasteiger partial charge in [-0.15, -0.1) is 0 Å². The maximum absolute atomic E-state index is 12.8. The van der Waals surface area contributed by atoms with Crippen LogP contribution in [0.5, 0.6) is 0 Å². The molecule has 1 radical (unpaired) electrons. The van der Waals surface area contributed by atoms with Crippen LogP contribution in [-0.4, -0.2) is 18.0 Å².